The number of benzene rings is 2. The number of ether oxygens (including phenoxy) is 1. The zero-order valence-electron chi connectivity index (χ0n) is 15.3. The molecule has 0 unspecified atom stereocenters. The molecule has 0 radical (unpaired) electrons. The summed E-state index contributed by atoms with van der Waals surface area (Å²) in [6.45, 7) is 1.83. The molecule has 2 amide bonds. The molecule has 0 aliphatic rings. The molecule has 144 valence electrons. The number of aromatic nitrogens is 2. The van der Waals surface area contributed by atoms with Gasteiger partial charge in [0.25, 0.3) is 5.91 Å². The summed E-state index contributed by atoms with van der Waals surface area (Å²) in [6, 6.07) is 14.3. The standard InChI is InChI=1S/C19H18N4O3S2/c1-12-22-23-19(28-12)21-17(24)11-27-16-8-4-6-14(10-16)20-18(25)13-5-3-7-15(9-13)26-2/h3-10H,11H2,1-2H3,(H,20,25)(H,21,23,24). The first kappa shape index (κ1) is 19.8. The van der Waals surface area contributed by atoms with Crippen molar-refractivity contribution in [2.24, 2.45) is 0 Å². The number of aryl methyl sites for hydroxylation is 1. The minimum absolute atomic E-state index is 0.160. The first-order chi connectivity index (χ1) is 13.5. The van der Waals surface area contributed by atoms with Crippen LogP contribution < -0.4 is 15.4 Å². The van der Waals surface area contributed by atoms with Gasteiger partial charge in [-0.3, -0.25) is 14.9 Å². The summed E-state index contributed by atoms with van der Waals surface area (Å²) in [6.07, 6.45) is 0. The molecule has 9 heteroatoms. The van der Waals surface area contributed by atoms with Gasteiger partial charge in [0, 0.05) is 16.1 Å². The van der Waals surface area contributed by atoms with Crippen LogP contribution in [0.1, 0.15) is 15.4 Å². The van der Waals surface area contributed by atoms with Gasteiger partial charge in [-0.25, -0.2) is 0 Å². The average molecular weight is 415 g/mol. The van der Waals surface area contributed by atoms with Gasteiger partial charge in [-0.1, -0.05) is 23.5 Å². The average Bonchev–Trinajstić information content (AvgIpc) is 3.11. The van der Waals surface area contributed by atoms with Crippen LogP contribution in [0.4, 0.5) is 10.8 Å². The van der Waals surface area contributed by atoms with E-state index in [1.165, 1.54) is 23.1 Å². The molecule has 1 aromatic heterocycles. The van der Waals surface area contributed by atoms with Crippen molar-refractivity contribution in [3.8, 4) is 5.75 Å². The minimum Gasteiger partial charge on any atom is -0.497 e. The lowest BCUT2D eigenvalue weighted by Gasteiger charge is -2.08. The van der Waals surface area contributed by atoms with Crippen LogP contribution in [0.25, 0.3) is 0 Å². The van der Waals surface area contributed by atoms with E-state index in [1.54, 1.807) is 37.4 Å². The summed E-state index contributed by atoms with van der Waals surface area (Å²) in [5.74, 6) is 0.456. The smallest absolute Gasteiger partial charge is 0.255 e. The Morgan fingerprint density at radius 3 is 2.68 bits per heavy atom. The molecule has 3 aromatic rings. The van der Waals surface area contributed by atoms with Crippen LogP contribution >= 0.6 is 23.1 Å². The molecular weight excluding hydrogens is 396 g/mol. The van der Waals surface area contributed by atoms with E-state index in [4.69, 9.17) is 4.74 Å². The Labute approximate surface area is 170 Å². The Kier molecular flexibility index (Phi) is 6.62. The predicted octanol–water partition coefficient (Wildman–Crippen LogP) is 3.84. The van der Waals surface area contributed by atoms with Crippen molar-refractivity contribution in [2.75, 3.05) is 23.5 Å². The Hall–Kier alpha value is -2.91. The monoisotopic (exact) mass is 414 g/mol. The largest absolute Gasteiger partial charge is 0.497 e. The van der Waals surface area contributed by atoms with E-state index in [9.17, 15) is 9.59 Å². The van der Waals surface area contributed by atoms with Gasteiger partial charge < -0.3 is 10.1 Å². The van der Waals surface area contributed by atoms with Gasteiger partial charge in [-0.15, -0.1) is 22.0 Å². The fourth-order valence-electron chi connectivity index (χ4n) is 2.28. The molecule has 2 N–H and O–H groups in total. The first-order valence-electron chi connectivity index (χ1n) is 8.32. The number of anilines is 2. The number of carbonyl (C=O) groups excluding carboxylic acids is 2. The van der Waals surface area contributed by atoms with Crippen LogP contribution in [0.2, 0.25) is 0 Å². The Morgan fingerprint density at radius 1 is 1.11 bits per heavy atom. The Morgan fingerprint density at radius 2 is 1.93 bits per heavy atom. The highest BCUT2D eigenvalue weighted by Gasteiger charge is 2.10. The molecule has 7 nitrogen and oxygen atoms in total. The quantitative estimate of drug-likeness (QED) is 0.571. The number of thioether (sulfide) groups is 1. The second-order valence-electron chi connectivity index (χ2n) is 5.68. The van der Waals surface area contributed by atoms with Gasteiger partial charge in [0.05, 0.1) is 12.9 Å². The molecule has 1 heterocycles. The molecule has 0 fully saturated rings. The molecular formula is C19H18N4O3S2. The Balaban J connectivity index is 1.57. The van der Waals surface area contributed by atoms with Crippen LogP contribution in [0, 0.1) is 6.92 Å². The van der Waals surface area contributed by atoms with Crippen LogP contribution in [0.3, 0.4) is 0 Å². The summed E-state index contributed by atoms with van der Waals surface area (Å²) >= 11 is 2.70. The van der Waals surface area contributed by atoms with Gasteiger partial charge in [-0.2, -0.15) is 0 Å². The van der Waals surface area contributed by atoms with Crippen LogP contribution in [-0.2, 0) is 4.79 Å². The van der Waals surface area contributed by atoms with E-state index in [0.29, 0.717) is 22.1 Å². The molecule has 0 aliphatic heterocycles. The number of hydrogen-bond donors (Lipinski definition) is 2. The van der Waals surface area contributed by atoms with Crippen molar-refractivity contribution in [1.82, 2.24) is 10.2 Å². The van der Waals surface area contributed by atoms with Crippen molar-refractivity contribution in [2.45, 2.75) is 11.8 Å². The number of amides is 2. The third-order valence-electron chi connectivity index (χ3n) is 3.57. The van der Waals surface area contributed by atoms with E-state index in [0.717, 1.165) is 9.90 Å². The van der Waals surface area contributed by atoms with E-state index in [2.05, 4.69) is 20.8 Å². The summed E-state index contributed by atoms with van der Waals surface area (Å²) in [4.78, 5) is 25.3. The number of methoxy groups -OCH3 is 1. The highest BCUT2D eigenvalue weighted by atomic mass is 32.2. The molecule has 0 atom stereocenters. The normalized spacial score (nSPS) is 10.4. The lowest BCUT2D eigenvalue weighted by Crippen LogP contribution is -2.14. The first-order valence-corrected chi connectivity index (χ1v) is 10.1. The summed E-state index contributed by atoms with van der Waals surface area (Å²) in [5.41, 5.74) is 1.15. The summed E-state index contributed by atoms with van der Waals surface area (Å²) in [7, 11) is 1.56. The zero-order valence-corrected chi connectivity index (χ0v) is 16.9. The molecule has 3 rings (SSSR count). The Bertz CT molecular complexity index is 991. The zero-order chi connectivity index (χ0) is 19.9. The van der Waals surface area contributed by atoms with Gasteiger partial charge >= 0.3 is 0 Å². The second kappa shape index (κ2) is 9.34. The van der Waals surface area contributed by atoms with Crippen LogP contribution in [0.15, 0.2) is 53.4 Å². The fraction of sp³-hybridized carbons (Fsp3) is 0.158. The number of rotatable bonds is 7. The lowest BCUT2D eigenvalue weighted by atomic mass is 10.2. The van der Waals surface area contributed by atoms with Crippen LogP contribution in [-0.4, -0.2) is 34.9 Å². The fourth-order valence-corrected chi connectivity index (χ4v) is 3.65. The van der Waals surface area contributed by atoms with E-state index >= 15 is 0 Å². The van der Waals surface area contributed by atoms with Crippen molar-refractivity contribution < 1.29 is 14.3 Å². The molecule has 0 saturated heterocycles. The van der Waals surface area contributed by atoms with E-state index in [-0.39, 0.29) is 17.6 Å². The maximum atomic E-state index is 12.4. The third-order valence-corrected chi connectivity index (χ3v) is 5.31. The molecule has 2 aromatic carbocycles. The number of nitrogens with one attached hydrogen (secondary N) is 2. The topological polar surface area (TPSA) is 93.2 Å². The number of nitrogens with zero attached hydrogens (tertiary/aromatic N) is 2. The van der Waals surface area contributed by atoms with E-state index < -0.39 is 0 Å². The van der Waals surface area contributed by atoms with E-state index in [1.807, 2.05) is 25.1 Å². The third kappa shape index (κ3) is 5.54. The van der Waals surface area contributed by atoms with Gasteiger partial charge in [0.2, 0.25) is 11.0 Å². The van der Waals surface area contributed by atoms with Crippen molar-refractivity contribution >= 4 is 45.7 Å². The summed E-state index contributed by atoms with van der Waals surface area (Å²) in [5, 5.41) is 14.6. The number of carbonyl (C=O) groups is 2. The van der Waals surface area contributed by atoms with Gasteiger partial charge in [0.15, 0.2) is 0 Å². The maximum absolute atomic E-state index is 12.4. The molecule has 0 bridgehead atoms. The highest BCUT2D eigenvalue weighted by Crippen LogP contribution is 2.23. The van der Waals surface area contributed by atoms with Crippen molar-refractivity contribution in [3.05, 3.63) is 59.1 Å². The predicted molar refractivity (Wildman–Crippen MR) is 111 cm³/mol. The summed E-state index contributed by atoms with van der Waals surface area (Å²) < 4.78 is 5.14. The molecule has 0 saturated carbocycles. The minimum atomic E-state index is -0.231. The van der Waals surface area contributed by atoms with Gasteiger partial charge in [-0.05, 0) is 43.3 Å². The number of hydrogen-bond acceptors (Lipinski definition) is 7. The molecule has 0 aliphatic carbocycles. The molecule has 0 spiro atoms. The molecule has 28 heavy (non-hydrogen) atoms. The van der Waals surface area contributed by atoms with Crippen molar-refractivity contribution in [1.29, 1.82) is 0 Å². The maximum Gasteiger partial charge on any atom is 0.255 e. The lowest BCUT2D eigenvalue weighted by molar-refractivity contribution is -0.113. The highest BCUT2D eigenvalue weighted by molar-refractivity contribution is 8.00. The van der Waals surface area contributed by atoms with Crippen molar-refractivity contribution in [3.63, 3.8) is 0 Å². The SMILES string of the molecule is COc1cccc(C(=O)Nc2cccc(SCC(=O)Nc3nnc(C)s3)c2)c1. The second-order valence-corrected chi connectivity index (χ2v) is 7.91. The van der Waals surface area contributed by atoms with Crippen LogP contribution in [0.5, 0.6) is 5.75 Å². The van der Waals surface area contributed by atoms with Gasteiger partial charge in [0.1, 0.15) is 10.8 Å².